The molecular formula is C18H20FIN4. The van der Waals surface area contributed by atoms with E-state index in [9.17, 15) is 4.39 Å². The smallest absolute Gasteiger partial charge is 0.191 e. The van der Waals surface area contributed by atoms with E-state index in [1.165, 1.54) is 6.07 Å². The molecule has 0 spiro atoms. The van der Waals surface area contributed by atoms with Gasteiger partial charge in [0.05, 0.1) is 11.6 Å². The standard InChI is InChI=1S/C18H19FN4.HI/c1-13-6-7-16(9-17(13)19)12-23-18(21-2)22-11-15-5-3-4-14(8-15)10-20;/h3-9H,11-12H2,1-2H3,(H2,21,22,23);1H. The van der Waals surface area contributed by atoms with E-state index in [1.807, 2.05) is 24.3 Å². The van der Waals surface area contributed by atoms with Crippen LogP contribution in [0.15, 0.2) is 47.5 Å². The number of aryl methyl sites for hydroxylation is 1. The van der Waals surface area contributed by atoms with E-state index >= 15 is 0 Å². The first kappa shape index (κ1) is 19.9. The third kappa shape index (κ3) is 5.81. The number of guanidine groups is 1. The summed E-state index contributed by atoms with van der Waals surface area (Å²) in [5, 5.41) is 15.2. The summed E-state index contributed by atoms with van der Waals surface area (Å²) in [6, 6.07) is 14.7. The van der Waals surface area contributed by atoms with Gasteiger partial charge in [0, 0.05) is 20.1 Å². The van der Waals surface area contributed by atoms with Crippen molar-refractivity contribution in [2.45, 2.75) is 20.0 Å². The molecule has 24 heavy (non-hydrogen) atoms. The molecule has 0 aliphatic carbocycles. The molecule has 0 fully saturated rings. The minimum absolute atomic E-state index is 0. The third-order valence-corrected chi connectivity index (χ3v) is 3.44. The van der Waals surface area contributed by atoms with Crippen LogP contribution < -0.4 is 10.6 Å². The maximum Gasteiger partial charge on any atom is 0.191 e. The van der Waals surface area contributed by atoms with Crippen LogP contribution in [0, 0.1) is 24.1 Å². The van der Waals surface area contributed by atoms with Crippen LogP contribution in [0.25, 0.3) is 0 Å². The van der Waals surface area contributed by atoms with Crippen molar-refractivity contribution < 1.29 is 4.39 Å². The van der Waals surface area contributed by atoms with Crippen LogP contribution in [0.5, 0.6) is 0 Å². The van der Waals surface area contributed by atoms with Crippen molar-refractivity contribution in [3.05, 3.63) is 70.5 Å². The molecule has 0 radical (unpaired) electrons. The number of rotatable bonds is 4. The van der Waals surface area contributed by atoms with Crippen LogP contribution in [-0.4, -0.2) is 13.0 Å². The normalized spacial score (nSPS) is 10.5. The summed E-state index contributed by atoms with van der Waals surface area (Å²) >= 11 is 0. The molecule has 0 atom stereocenters. The molecule has 126 valence electrons. The average Bonchev–Trinajstić information content (AvgIpc) is 2.58. The Morgan fingerprint density at radius 3 is 2.38 bits per heavy atom. The van der Waals surface area contributed by atoms with Gasteiger partial charge >= 0.3 is 0 Å². The molecule has 0 saturated carbocycles. The largest absolute Gasteiger partial charge is 0.352 e. The second-order valence-corrected chi connectivity index (χ2v) is 5.18. The highest BCUT2D eigenvalue weighted by atomic mass is 127. The Labute approximate surface area is 158 Å². The molecule has 0 heterocycles. The molecule has 2 aromatic rings. The molecule has 0 amide bonds. The molecule has 6 heteroatoms. The zero-order valence-electron chi connectivity index (χ0n) is 13.6. The number of aliphatic imine (C=N–C) groups is 1. The number of nitriles is 1. The Balaban J connectivity index is 0.00000288. The van der Waals surface area contributed by atoms with Crippen molar-refractivity contribution >= 4 is 29.9 Å². The highest BCUT2D eigenvalue weighted by Gasteiger charge is 2.02. The molecule has 4 nitrogen and oxygen atoms in total. The van der Waals surface area contributed by atoms with E-state index in [0.717, 1.165) is 11.1 Å². The van der Waals surface area contributed by atoms with E-state index in [2.05, 4.69) is 21.7 Å². The van der Waals surface area contributed by atoms with Gasteiger partial charge in [0.25, 0.3) is 0 Å². The monoisotopic (exact) mass is 438 g/mol. The first-order valence-corrected chi connectivity index (χ1v) is 7.31. The number of halogens is 2. The maximum atomic E-state index is 13.5. The Morgan fingerprint density at radius 1 is 1.12 bits per heavy atom. The van der Waals surface area contributed by atoms with Crippen LogP contribution in [0.4, 0.5) is 4.39 Å². The topological polar surface area (TPSA) is 60.2 Å². The fourth-order valence-corrected chi connectivity index (χ4v) is 2.09. The van der Waals surface area contributed by atoms with Gasteiger partial charge in [0.1, 0.15) is 5.82 Å². The Morgan fingerprint density at radius 2 is 1.79 bits per heavy atom. The van der Waals surface area contributed by atoms with Crippen LogP contribution in [0.1, 0.15) is 22.3 Å². The predicted molar refractivity (Wildman–Crippen MR) is 105 cm³/mol. The second-order valence-electron chi connectivity index (χ2n) is 5.18. The van der Waals surface area contributed by atoms with Crippen molar-refractivity contribution in [3.63, 3.8) is 0 Å². The SMILES string of the molecule is CN=C(NCc1cccc(C#N)c1)NCc1ccc(C)c(F)c1.I. The van der Waals surface area contributed by atoms with Crippen molar-refractivity contribution in [1.29, 1.82) is 5.26 Å². The maximum absolute atomic E-state index is 13.5. The van der Waals surface area contributed by atoms with Crippen molar-refractivity contribution in [3.8, 4) is 6.07 Å². The molecule has 0 aliphatic heterocycles. The van der Waals surface area contributed by atoms with Crippen LogP contribution in [-0.2, 0) is 13.1 Å². The van der Waals surface area contributed by atoms with Gasteiger partial charge < -0.3 is 10.6 Å². The quantitative estimate of drug-likeness (QED) is 0.437. The summed E-state index contributed by atoms with van der Waals surface area (Å²) in [6.45, 7) is 2.77. The van der Waals surface area contributed by atoms with E-state index in [0.29, 0.717) is 30.2 Å². The second kappa shape index (κ2) is 9.88. The number of nitrogens with zero attached hydrogens (tertiary/aromatic N) is 2. The molecule has 0 aromatic heterocycles. The summed E-state index contributed by atoms with van der Waals surface area (Å²) < 4.78 is 13.5. The Bertz CT molecular complexity index is 753. The first-order valence-electron chi connectivity index (χ1n) is 7.31. The molecule has 2 rings (SSSR count). The molecule has 0 saturated heterocycles. The highest BCUT2D eigenvalue weighted by molar-refractivity contribution is 14.0. The van der Waals surface area contributed by atoms with E-state index in [4.69, 9.17) is 5.26 Å². The zero-order valence-corrected chi connectivity index (χ0v) is 16.0. The summed E-state index contributed by atoms with van der Waals surface area (Å²) in [4.78, 5) is 4.14. The van der Waals surface area contributed by atoms with Crippen LogP contribution in [0.2, 0.25) is 0 Å². The molecular weight excluding hydrogens is 418 g/mol. The third-order valence-electron chi connectivity index (χ3n) is 3.44. The van der Waals surface area contributed by atoms with Gasteiger partial charge in [-0.3, -0.25) is 4.99 Å². The summed E-state index contributed by atoms with van der Waals surface area (Å²) in [5.74, 6) is 0.411. The number of benzene rings is 2. The van der Waals surface area contributed by atoms with Crippen LogP contribution >= 0.6 is 24.0 Å². The summed E-state index contributed by atoms with van der Waals surface area (Å²) in [7, 11) is 1.68. The van der Waals surface area contributed by atoms with E-state index in [-0.39, 0.29) is 29.8 Å². The van der Waals surface area contributed by atoms with E-state index in [1.54, 1.807) is 26.1 Å². The van der Waals surface area contributed by atoms with Crippen LogP contribution in [0.3, 0.4) is 0 Å². The number of hydrogen-bond acceptors (Lipinski definition) is 2. The van der Waals surface area contributed by atoms with Gasteiger partial charge in [0.2, 0.25) is 0 Å². The molecule has 0 aliphatic rings. The number of hydrogen-bond donors (Lipinski definition) is 2. The minimum Gasteiger partial charge on any atom is -0.352 e. The fourth-order valence-electron chi connectivity index (χ4n) is 2.09. The lowest BCUT2D eigenvalue weighted by atomic mass is 10.1. The number of nitrogens with one attached hydrogen (secondary N) is 2. The Hall–Kier alpha value is -2.14. The molecule has 0 unspecified atom stereocenters. The van der Waals surface area contributed by atoms with Gasteiger partial charge in [-0.05, 0) is 41.8 Å². The van der Waals surface area contributed by atoms with Gasteiger partial charge in [-0.1, -0.05) is 24.3 Å². The van der Waals surface area contributed by atoms with E-state index < -0.39 is 0 Å². The van der Waals surface area contributed by atoms with Crippen molar-refractivity contribution in [2.75, 3.05) is 7.05 Å². The minimum atomic E-state index is -0.208. The summed E-state index contributed by atoms with van der Waals surface area (Å²) in [5.41, 5.74) is 3.10. The zero-order chi connectivity index (χ0) is 16.7. The predicted octanol–water partition coefficient (Wildman–Crippen LogP) is 3.49. The average molecular weight is 438 g/mol. The Kier molecular flexibility index (Phi) is 8.19. The fraction of sp³-hybridized carbons (Fsp3) is 0.222. The van der Waals surface area contributed by atoms with Gasteiger partial charge in [-0.15, -0.1) is 24.0 Å². The van der Waals surface area contributed by atoms with Gasteiger partial charge in [0.15, 0.2) is 5.96 Å². The molecule has 0 bridgehead atoms. The lowest BCUT2D eigenvalue weighted by molar-refractivity contribution is 0.615. The first-order chi connectivity index (χ1) is 11.1. The summed E-state index contributed by atoms with van der Waals surface area (Å²) in [6.07, 6.45) is 0. The van der Waals surface area contributed by atoms with Crippen molar-refractivity contribution in [1.82, 2.24) is 10.6 Å². The molecule has 2 aromatic carbocycles. The highest BCUT2D eigenvalue weighted by Crippen LogP contribution is 2.09. The lowest BCUT2D eigenvalue weighted by Gasteiger charge is -2.12. The van der Waals surface area contributed by atoms with Gasteiger partial charge in [-0.25, -0.2) is 4.39 Å². The molecule has 2 N–H and O–H groups in total. The van der Waals surface area contributed by atoms with Crippen molar-refractivity contribution in [2.24, 2.45) is 4.99 Å². The van der Waals surface area contributed by atoms with Gasteiger partial charge in [-0.2, -0.15) is 5.26 Å². The lowest BCUT2D eigenvalue weighted by Crippen LogP contribution is -2.36.